The van der Waals surface area contributed by atoms with Crippen molar-refractivity contribution in [3.05, 3.63) is 35.6 Å². The Balaban J connectivity index is 1.66. The minimum Gasteiger partial charge on any atom is -0.314 e. The Hall–Kier alpha value is -0.890. The molecule has 0 spiro atoms. The minimum absolute atomic E-state index is 0.135. The van der Waals surface area contributed by atoms with Crippen LogP contribution in [-0.4, -0.2) is 12.6 Å². The van der Waals surface area contributed by atoms with E-state index < -0.39 is 0 Å². The van der Waals surface area contributed by atoms with Crippen LogP contribution in [0, 0.1) is 23.6 Å². The second-order valence-electron chi connectivity index (χ2n) is 6.18. The fourth-order valence-electron chi connectivity index (χ4n) is 4.13. The Bertz CT molecular complexity index is 402. The van der Waals surface area contributed by atoms with Gasteiger partial charge in [-0.15, -0.1) is 0 Å². The highest BCUT2D eigenvalue weighted by molar-refractivity contribution is 5.19. The van der Waals surface area contributed by atoms with Gasteiger partial charge in [0, 0.05) is 6.04 Å². The Morgan fingerprint density at radius 3 is 2.37 bits per heavy atom. The first-order valence-corrected chi connectivity index (χ1v) is 7.77. The normalized spacial score (nSPS) is 30.7. The highest BCUT2D eigenvalue weighted by Crippen LogP contribution is 2.57. The lowest BCUT2D eigenvalue weighted by atomic mass is 10.00. The molecule has 2 fully saturated rings. The van der Waals surface area contributed by atoms with Crippen LogP contribution in [0.15, 0.2) is 24.3 Å². The predicted octanol–water partition coefficient (Wildman–Crippen LogP) is 3.78. The molecule has 0 amide bonds. The SMILES string of the molecule is CCNC(Cc1ccc(F)cc1)C1C2CCCCC21. The molecule has 0 heterocycles. The van der Waals surface area contributed by atoms with Crippen LogP contribution >= 0.6 is 0 Å². The molecule has 0 bridgehead atoms. The molecule has 0 aliphatic heterocycles. The van der Waals surface area contributed by atoms with Crippen molar-refractivity contribution in [3.8, 4) is 0 Å². The summed E-state index contributed by atoms with van der Waals surface area (Å²) in [5.74, 6) is 2.67. The van der Waals surface area contributed by atoms with Crippen molar-refractivity contribution in [3.63, 3.8) is 0 Å². The van der Waals surface area contributed by atoms with Gasteiger partial charge in [0.25, 0.3) is 0 Å². The number of nitrogens with one attached hydrogen (secondary N) is 1. The van der Waals surface area contributed by atoms with Gasteiger partial charge < -0.3 is 5.32 Å². The molecule has 3 atom stereocenters. The van der Waals surface area contributed by atoms with Crippen LogP contribution in [0.3, 0.4) is 0 Å². The number of rotatable bonds is 5. The third-order valence-electron chi connectivity index (χ3n) is 5.02. The van der Waals surface area contributed by atoms with Crippen molar-refractivity contribution in [2.75, 3.05) is 6.54 Å². The van der Waals surface area contributed by atoms with Crippen molar-refractivity contribution in [1.82, 2.24) is 5.32 Å². The van der Waals surface area contributed by atoms with Crippen molar-refractivity contribution in [1.29, 1.82) is 0 Å². The Morgan fingerprint density at radius 1 is 1.16 bits per heavy atom. The van der Waals surface area contributed by atoms with E-state index in [1.807, 2.05) is 12.1 Å². The number of halogens is 1. The van der Waals surface area contributed by atoms with Gasteiger partial charge in [-0.05, 0) is 61.3 Å². The fraction of sp³-hybridized carbons (Fsp3) is 0.647. The van der Waals surface area contributed by atoms with Crippen LogP contribution in [0.2, 0.25) is 0 Å². The highest BCUT2D eigenvalue weighted by Gasteiger charge is 2.53. The zero-order valence-electron chi connectivity index (χ0n) is 11.7. The van der Waals surface area contributed by atoms with Crippen molar-refractivity contribution < 1.29 is 4.39 Å². The van der Waals surface area contributed by atoms with E-state index in [0.29, 0.717) is 6.04 Å². The number of benzene rings is 1. The lowest BCUT2D eigenvalue weighted by Crippen LogP contribution is -2.34. The lowest BCUT2D eigenvalue weighted by molar-refractivity contribution is 0.437. The second kappa shape index (κ2) is 5.62. The quantitative estimate of drug-likeness (QED) is 0.850. The summed E-state index contributed by atoms with van der Waals surface area (Å²) in [5.41, 5.74) is 1.26. The molecule has 0 radical (unpaired) electrons. The van der Waals surface area contributed by atoms with Crippen molar-refractivity contribution in [2.45, 2.75) is 45.1 Å². The molecule has 1 nitrogen and oxygen atoms in total. The van der Waals surface area contributed by atoms with Gasteiger partial charge in [-0.1, -0.05) is 31.9 Å². The molecule has 1 N–H and O–H groups in total. The first-order chi connectivity index (χ1) is 9.29. The van der Waals surface area contributed by atoms with E-state index in [1.165, 1.54) is 31.2 Å². The molecule has 104 valence electrons. The van der Waals surface area contributed by atoms with Crippen LogP contribution in [0.25, 0.3) is 0 Å². The number of hydrogen-bond donors (Lipinski definition) is 1. The molecule has 3 unspecified atom stereocenters. The molecule has 1 aromatic rings. The van der Waals surface area contributed by atoms with E-state index in [9.17, 15) is 4.39 Å². The number of likely N-dealkylation sites (N-methyl/N-ethyl adjacent to an activating group) is 1. The summed E-state index contributed by atoms with van der Waals surface area (Å²) in [5, 5.41) is 3.67. The topological polar surface area (TPSA) is 12.0 Å². The third-order valence-corrected chi connectivity index (χ3v) is 5.02. The van der Waals surface area contributed by atoms with Gasteiger partial charge in [-0.25, -0.2) is 4.39 Å². The van der Waals surface area contributed by atoms with Crippen molar-refractivity contribution in [2.24, 2.45) is 17.8 Å². The molecule has 2 heteroatoms. The van der Waals surface area contributed by atoms with Crippen LogP contribution in [-0.2, 0) is 6.42 Å². The zero-order chi connectivity index (χ0) is 13.2. The minimum atomic E-state index is -0.135. The van der Waals surface area contributed by atoms with E-state index in [2.05, 4.69) is 12.2 Å². The van der Waals surface area contributed by atoms with E-state index in [1.54, 1.807) is 12.1 Å². The second-order valence-corrected chi connectivity index (χ2v) is 6.18. The third kappa shape index (κ3) is 2.84. The fourth-order valence-corrected chi connectivity index (χ4v) is 4.13. The molecular formula is C17H24FN. The maximum absolute atomic E-state index is 13.0. The first kappa shape index (κ1) is 13.1. The van der Waals surface area contributed by atoms with Gasteiger partial charge >= 0.3 is 0 Å². The number of fused-ring (bicyclic) bond motifs is 1. The van der Waals surface area contributed by atoms with Crippen LogP contribution < -0.4 is 5.32 Å². The van der Waals surface area contributed by atoms with E-state index >= 15 is 0 Å². The molecule has 2 aliphatic carbocycles. The molecule has 0 saturated heterocycles. The summed E-state index contributed by atoms with van der Waals surface area (Å²) in [4.78, 5) is 0. The van der Waals surface area contributed by atoms with E-state index in [0.717, 1.165) is 30.7 Å². The van der Waals surface area contributed by atoms with Crippen LogP contribution in [0.5, 0.6) is 0 Å². The standard InChI is InChI=1S/C17H24FN/c1-2-19-16(11-12-7-9-13(18)10-8-12)17-14-5-3-4-6-15(14)17/h7-10,14-17,19H,2-6,11H2,1H3. The molecule has 1 aromatic carbocycles. The zero-order valence-corrected chi connectivity index (χ0v) is 11.7. The average Bonchev–Trinajstić information content (AvgIpc) is 3.15. The molecular weight excluding hydrogens is 237 g/mol. The molecule has 2 aliphatic rings. The largest absolute Gasteiger partial charge is 0.314 e. The smallest absolute Gasteiger partial charge is 0.123 e. The van der Waals surface area contributed by atoms with Crippen LogP contribution in [0.4, 0.5) is 4.39 Å². The number of hydrogen-bond acceptors (Lipinski definition) is 1. The Morgan fingerprint density at radius 2 is 1.79 bits per heavy atom. The molecule has 3 rings (SSSR count). The summed E-state index contributed by atoms with van der Waals surface area (Å²) in [7, 11) is 0. The Kier molecular flexibility index (Phi) is 3.88. The first-order valence-electron chi connectivity index (χ1n) is 7.77. The summed E-state index contributed by atoms with van der Waals surface area (Å²) in [6, 6.07) is 7.62. The maximum atomic E-state index is 13.0. The average molecular weight is 261 g/mol. The highest BCUT2D eigenvalue weighted by atomic mass is 19.1. The molecule has 19 heavy (non-hydrogen) atoms. The van der Waals surface area contributed by atoms with Gasteiger partial charge in [0.05, 0.1) is 0 Å². The molecule has 0 aromatic heterocycles. The van der Waals surface area contributed by atoms with Crippen LogP contribution in [0.1, 0.15) is 38.2 Å². The predicted molar refractivity (Wildman–Crippen MR) is 76.5 cm³/mol. The molecule has 2 saturated carbocycles. The summed E-state index contributed by atoms with van der Waals surface area (Å²) >= 11 is 0. The van der Waals surface area contributed by atoms with Gasteiger partial charge in [0.2, 0.25) is 0 Å². The maximum Gasteiger partial charge on any atom is 0.123 e. The summed E-state index contributed by atoms with van der Waals surface area (Å²) in [6.45, 7) is 3.21. The van der Waals surface area contributed by atoms with Gasteiger partial charge in [-0.3, -0.25) is 0 Å². The van der Waals surface area contributed by atoms with Gasteiger partial charge in [0.1, 0.15) is 5.82 Å². The lowest BCUT2D eigenvalue weighted by Gasteiger charge is -2.18. The Labute approximate surface area is 115 Å². The van der Waals surface area contributed by atoms with Crippen molar-refractivity contribution >= 4 is 0 Å². The summed E-state index contributed by atoms with van der Waals surface area (Å²) in [6.07, 6.45) is 6.76. The van der Waals surface area contributed by atoms with E-state index in [4.69, 9.17) is 0 Å². The summed E-state index contributed by atoms with van der Waals surface area (Å²) < 4.78 is 13.0. The van der Waals surface area contributed by atoms with Gasteiger partial charge in [0.15, 0.2) is 0 Å². The van der Waals surface area contributed by atoms with Gasteiger partial charge in [-0.2, -0.15) is 0 Å². The van der Waals surface area contributed by atoms with E-state index in [-0.39, 0.29) is 5.82 Å². The monoisotopic (exact) mass is 261 g/mol.